The molecule has 0 aromatic heterocycles. The van der Waals surface area contributed by atoms with Gasteiger partial charge in [0.25, 0.3) is 0 Å². The van der Waals surface area contributed by atoms with Crippen LogP contribution in [0.3, 0.4) is 0 Å². The molecule has 270 valence electrons. The molecule has 0 heterocycles. The van der Waals surface area contributed by atoms with Crippen LogP contribution in [-0.4, -0.2) is 115 Å². The van der Waals surface area contributed by atoms with Crippen LogP contribution in [0, 0.1) is 11.8 Å². The van der Waals surface area contributed by atoms with E-state index in [9.17, 15) is 46.0 Å². The van der Waals surface area contributed by atoms with Crippen molar-refractivity contribution >= 4 is 8.32 Å². The number of hydrogen-bond acceptors (Lipinski definition) is 10. The van der Waals surface area contributed by atoms with E-state index in [-0.39, 0.29) is 67.9 Å². The van der Waals surface area contributed by atoms with E-state index in [1.807, 2.05) is 20.8 Å². The lowest BCUT2D eigenvalue weighted by molar-refractivity contribution is -0.0116. The third-order valence-corrected chi connectivity index (χ3v) is 13.8. The Bertz CT molecular complexity index is 777. The zero-order valence-electron chi connectivity index (χ0n) is 29.4. The van der Waals surface area contributed by atoms with Crippen LogP contribution in [0.25, 0.3) is 0 Å². The lowest BCUT2D eigenvalue weighted by Crippen LogP contribution is -2.44. The zero-order chi connectivity index (χ0) is 35.1. The summed E-state index contributed by atoms with van der Waals surface area (Å²) in [6.07, 6.45) is -5.07. The molecule has 0 aliphatic rings. The average Bonchev–Trinajstić information content (AvgIpc) is 2.84. The molecule has 0 saturated heterocycles. The molecule has 0 aromatic carbocycles. The zero-order valence-corrected chi connectivity index (χ0v) is 30.4. The van der Waals surface area contributed by atoms with Crippen molar-refractivity contribution in [3.05, 3.63) is 12.7 Å². The quantitative estimate of drug-likeness (QED) is 0.0516. The SMILES string of the molecule is C=CC[C@H](C[C@H](O)C[C@H](O)C[C@H](O)C[C@@H](O)C[C@H](O)C[C@@H](O)C[C@@H](O)C[C@@H](O)CC[C@H](C)[C@@H](O)C(C)C)O[Si](C)(C)C(C)(C)C. The van der Waals surface area contributed by atoms with Gasteiger partial charge in [-0.15, -0.1) is 6.58 Å². The van der Waals surface area contributed by atoms with Gasteiger partial charge in [-0.1, -0.05) is 47.6 Å². The fourth-order valence-electron chi connectivity index (χ4n) is 5.55. The van der Waals surface area contributed by atoms with Crippen molar-refractivity contribution in [1.29, 1.82) is 0 Å². The number of aliphatic hydroxyl groups excluding tert-OH is 9. The van der Waals surface area contributed by atoms with E-state index in [0.717, 1.165) is 0 Å². The van der Waals surface area contributed by atoms with Crippen LogP contribution in [0.15, 0.2) is 12.7 Å². The second-order valence-electron chi connectivity index (χ2n) is 15.4. The molecule has 0 radical (unpaired) electrons. The van der Waals surface area contributed by atoms with Crippen molar-refractivity contribution in [2.24, 2.45) is 11.8 Å². The van der Waals surface area contributed by atoms with E-state index in [0.29, 0.717) is 25.7 Å². The molecule has 0 fully saturated rings. The maximum Gasteiger partial charge on any atom is 0.192 e. The first kappa shape index (κ1) is 44.6. The first-order valence-electron chi connectivity index (χ1n) is 17.0. The summed E-state index contributed by atoms with van der Waals surface area (Å²) in [7, 11) is -2.06. The third-order valence-electron chi connectivity index (χ3n) is 9.26. The molecule has 9 N–H and O–H groups in total. The highest BCUT2D eigenvalue weighted by atomic mass is 28.4. The summed E-state index contributed by atoms with van der Waals surface area (Å²) < 4.78 is 6.43. The largest absolute Gasteiger partial charge is 0.414 e. The lowest BCUT2D eigenvalue weighted by Gasteiger charge is -2.39. The number of hydrogen-bond donors (Lipinski definition) is 9. The van der Waals surface area contributed by atoms with Gasteiger partial charge < -0.3 is 50.4 Å². The smallest absolute Gasteiger partial charge is 0.192 e. The summed E-state index contributed by atoms with van der Waals surface area (Å²) in [5.74, 6) is 0.140. The minimum Gasteiger partial charge on any atom is -0.414 e. The van der Waals surface area contributed by atoms with E-state index in [4.69, 9.17) is 4.43 Å². The van der Waals surface area contributed by atoms with Crippen molar-refractivity contribution in [3.8, 4) is 0 Å². The molecule has 0 saturated carbocycles. The van der Waals surface area contributed by atoms with E-state index < -0.39 is 63.3 Å². The Balaban J connectivity index is 4.52. The van der Waals surface area contributed by atoms with Gasteiger partial charge in [-0.3, -0.25) is 0 Å². The van der Waals surface area contributed by atoms with Crippen molar-refractivity contribution in [3.63, 3.8) is 0 Å². The van der Waals surface area contributed by atoms with E-state index in [2.05, 4.69) is 40.4 Å². The van der Waals surface area contributed by atoms with Gasteiger partial charge in [-0.2, -0.15) is 0 Å². The fraction of sp³-hybridized carbons (Fsp3) is 0.941. The Morgan fingerprint density at radius 1 is 0.578 bits per heavy atom. The molecule has 0 bridgehead atoms. The summed E-state index contributed by atoms with van der Waals surface area (Å²) in [4.78, 5) is 0. The molecule has 0 spiro atoms. The average molecular weight is 667 g/mol. The maximum atomic E-state index is 10.6. The van der Waals surface area contributed by atoms with Crippen LogP contribution in [0.2, 0.25) is 18.1 Å². The number of rotatable bonds is 25. The molecule has 10 nitrogen and oxygen atoms in total. The van der Waals surface area contributed by atoms with Crippen molar-refractivity contribution in [1.82, 2.24) is 0 Å². The minimum absolute atomic E-state index is 0.0103. The second-order valence-corrected chi connectivity index (χ2v) is 20.2. The van der Waals surface area contributed by atoms with Gasteiger partial charge in [0.1, 0.15) is 0 Å². The molecule has 0 aliphatic heterocycles. The van der Waals surface area contributed by atoms with E-state index >= 15 is 0 Å². The molecule has 0 amide bonds. The van der Waals surface area contributed by atoms with Crippen LogP contribution >= 0.6 is 0 Å². The van der Waals surface area contributed by atoms with Crippen molar-refractivity contribution in [2.45, 2.75) is 191 Å². The van der Waals surface area contributed by atoms with Gasteiger partial charge in [-0.05, 0) is 101 Å². The highest BCUT2D eigenvalue weighted by Gasteiger charge is 2.39. The summed E-state index contributed by atoms with van der Waals surface area (Å²) in [5, 5.41) is 93.2. The first-order chi connectivity index (χ1) is 20.6. The standard InChI is InChI=1S/C34H70O10Si/c1-10-11-32(44-45(8,9)34(5,6)7)21-31(42)20-30(41)19-29(40)18-28(39)17-27(38)16-26(37)15-25(36)14-24(35)13-12-23(4)33(43)22(2)3/h10,22-33,35-43H,1,11-21H2,2-9H3/t23-,24-,25-,26-,27+,28-,29+,30+,31+,32+,33-/m0/s1. The van der Waals surface area contributed by atoms with E-state index in [1.54, 1.807) is 6.08 Å². The second kappa shape index (κ2) is 21.5. The van der Waals surface area contributed by atoms with Crippen molar-refractivity contribution in [2.75, 3.05) is 0 Å². The van der Waals surface area contributed by atoms with Crippen LogP contribution in [0.4, 0.5) is 0 Å². The molecule has 0 unspecified atom stereocenters. The summed E-state index contributed by atoms with van der Waals surface area (Å²) in [6.45, 7) is 20.3. The molecular formula is C34H70O10Si. The van der Waals surface area contributed by atoms with Gasteiger partial charge in [0.05, 0.1) is 61.0 Å². The Labute approximate surface area is 274 Å². The molecule has 0 aliphatic carbocycles. The first-order valence-corrected chi connectivity index (χ1v) is 19.9. The molecule has 11 atom stereocenters. The topological polar surface area (TPSA) is 191 Å². The normalized spacial score (nSPS) is 20.5. The monoisotopic (exact) mass is 666 g/mol. The molecular weight excluding hydrogens is 596 g/mol. The Hall–Kier alpha value is -0.443. The predicted octanol–water partition coefficient (Wildman–Crippen LogP) is 3.39. The molecule has 0 aromatic rings. The summed E-state index contributed by atoms with van der Waals surface area (Å²) in [5.41, 5.74) is 0. The van der Waals surface area contributed by atoms with Crippen molar-refractivity contribution < 1.29 is 50.4 Å². The Kier molecular flexibility index (Phi) is 21.3. The predicted molar refractivity (Wildman–Crippen MR) is 181 cm³/mol. The van der Waals surface area contributed by atoms with E-state index in [1.165, 1.54) is 0 Å². The summed E-state index contributed by atoms with van der Waals surface area (Å²) >= 11 is 0. The highest BCUT2D eigenvalue weighted by Crippen LogP contribution is 2.38. The molecule has 11 heteroatoms. The third kappa shape index (κ3) is 19.9. The summed E-state index contributed by atoms with van der Waals surface area (Å²) in [6, 6.07) is 0. The Morgan fingerprint density at radius 2 is 0.911 bits per heavy atom. The van der Waals surface area contributed by atoms with Gasteiger partial charge in [0.2, 0.25) is 0 Å². The lowest BCUT2D eigenvalue weighted by atomic mass is 9.89. The maximum absolute atomic E-state index is 10.6. The highest BCUT2D eigenvalue weighted by molar-refractivity contribution is 6.74. The van der Waals surface area contributed by atoms with Gasteiger partial charge >= 0.3 is 0 Å². The minimum atomic E-state index is -2.06. The molecule has 45 heavy (non-hydrogen) atoms. The number of aliphatic hydroxyl groups is 9. The van der Waals surface area contributed by atoms with Crippen LogP contribution in [0.1, 0.15) is 112 Å². The molecule has 0 rings (SSSR count). The van der Waals surface area contributed by atoms with Crippen LogP contribution < -0.4 is 0 Å². The van der Waals surface area contributed by atoms with Crippen LogP contribution in [-0.2, 0) is 4.43 Å². The fourth-order valence-corrected chi connectivity index (χ4v) is 6.93. The Morgan fingerprint density at radius 3 is 1.22 bits per heavy atom. The van der Waals surface area contributed by atoms with Gasteiger partial charge in [-0.25, -0.2) is 0 Å². The van der Waals surface area contributed by atoms with Gasteiger partial charge in [0, 0.05) is 0 Å². The van der Waals surface area contributed by atoms with Gasteiger partial charge in [0.15, 0.2) is 8.32 Å². The van der Waals surface area contributed by atoms with Crippen LogP contribution in [0.5, 0.6) is 0 Å².